The van der Waals surface area contributed by atoms with Gasteiger partial charge in [0.2, 0.25) is 5.91 Å². The van der Waals surface area contributed by atoms with Gasteiger partial charge in [-0.1, -0.05) is 26.0 Å². The van der Waals surface area contributed by atoms with Gasteiger partial charge in [0.1, 0.15) is 5.75 Å². The summed E-state index contributed by atoms with van der Waals surface area (Å²) in [5, 5.41) is 6.94. The molecule has 7 nitrogen and oxygen atoms in total. The van der Waals surface area contributed by atoms with Crippen molar-refractivity contribution in [3.63, 3.8) is 0 Å². The molecule has 1 aromatic rings. The van der Waals surface area contributed by atoms with Crippen LogP contribution in [-0.2, 0) is 10.2 Å². The van der Waals surface area contributed by atoms with Gasteiger partial charge in [-0.15, -0.1) is 0 Å². The molecule has 150 valence electrons. The van der Waals surface area contributed by atoms with Crippen LogP contribution in [0.2, 0.25) is 0 Å². The molecule has 0 aliphatic carbocycles. The van der Waals surface area contributed by atoms with Crippen LogP contribution in [0.4, 0.5) is 0 Å². The lowest BCUT2D eigenvalue weighted by molar-refractivity contribution is -0.119. The number of benzene rings is 1. The maximum absolute atomic E-state index is 11.0. The zero-order valence-corrected chi connectivity index (χ0v) is 16.9. The van der Waals surface area contributed by atoms with Gasteiger partial charge in [0.25, 0.3) is 0 Å². The molecule has 0 unspecified atom stereocenters. The molecule has 27 heavy (non-hydrogen) atoms. The molecule has 1 heterocycles. The monoisotopic (exact) mass is 375 g/mol. The maximum atomic E-state index is 11.0. The Bertz CT molecular complexity index is 652. The van der Waals surface area contributed by atoms with Crippen molar-refractivity contribution in [2.45, 2.75) is 38.1 Å². The minimum atomic E-state index is -0.265. The van der Waals surface area contributed by atoms with Gasteiger partial charge in [-0.2, -0.15) is 0 Å². The number of carbonyl (C=O) groups is 1. The molecule has 1 aliphatic rings. The largest absolute Gasteiger partial charge is 0.497 e. The number of primary amides is 1. The Hall–Kier alpha value is -2.28. The second-order valence-electron chi connectivity index (χ2n) is 7.70. The van der Waals surface area contributed by atoms with Gasteiger partial charge >= 0.3 is 0 Å². The summed E-state index contributed by atoms with van der Waals surface area (Å²) in [7, 11) is 3.47. The van der Waals surface area contributed by atoms with Crippen LogP contribution >= 0.6 is 0 Å². The third-order valence-electron chi connectivity index (χ3n) is 5.08. The van der Waals surface area contributed by atoms with E-state index in [4.69, 9.17) is 10.5 Å². The average molecular weight is 376 g/mol. The molecule has 1 aliphatic heterocycles. The predicted octanol–water partition coefficient (Wildman–Crippen LogP) is 1.09. The Balaban J connectivity index is 1.85. The number of nitrogens with zero attached hydrogens (tertiary/aromatic N) is 2. The number of piperidine rings is 1. The minimum absolute atomic E-state index is 0.0724. The van der Waals surface area contributed by atoms with Gasteiger partial charge in [-0.3, -0.25) is 14.7 Å². The van der Waals surface area contributed by atoms with Crippen molar-refractivity contribution in [3.8, 4) is 5.75 Å². The number of aliphatic imine (C=N–C) groups is 1. The molecule has 7 heteroatoms. The molecule has 1 fully saturated rings. The van der Waals surface area contributed by atoms with Crippen LogP contribution in [0.1, 0.15) is 32.3 Å². The Kier molecular flexibility index (Phi) is 7.47. The second kappa shape index (κ2) is 9.60. The zero-order chi connectivity index (χ0) is 19.9. The third-order valence-corrected chi connectivity index (χ3v) is 5.08. The van der Waals surface area contributed by atoms with E-state index in [1.165, 1.54) is 5.56 Å². The van der Waals surface area contributed by atoms with Crippen molar-refractivity contribution >= 4 is 11.9 Å². The van der Waals surface area contributed by atoms with Crippen molar-refractivity contribution in [2.24, 2.45) is 10.7 Å². The van der Waals surface area contributed by atoms with E-state index in [0.29, 0.717) is 12.6 Å². The number of guanidine groups is 1. The van der Waals surface area contributed by atoms with Crippen LogP contribution in [0.3, 0.4) is 0 Å². The molecule has 0 atom stereocenters. The summed E-state index contributed by atoms with van der Waals surface area (Å²) in [6.45, 7) is 7.23. The molecule has 2 rings (SSSR count). The summed E-state index contributed by atoms with van der Waals surface area (Å²) in [5.74, 6) is 1.41. The maximum Gasteiger partial charge on any atom is 0.231 e. The number of nitrogens with two attached hydrogens (primary N) is 1. The number of methoxy groups -OCH3 is 1. The number of nitrogens with one attached hydrogen (secondary N) is 2. The van der Waals surface area contributed by atoms with E-state index in [2.05, 4.69) is 46.5 Å². The first-order valence-corrected chi connectivity index (χ1v) is 9.46. The van der Waals surface area contributed by atoms with E-state index in [0.717, 1.165) is 44.2 Å². The number of likely N-dealkylation sites (tertiary alicyclic amines) is 1. The topological polar surface area (TPSA) is 92.0 Å². The molecule has 1 aromatic carbocycles. The Morgan fingerprint density at radius 1 is 1.37 bits per heavy atom. The smallest absolute Gasteiger partial charge is 0.231 e. The van der Waals surface area contributed by atoms with Crippen molar-refractivity contribution in [1.29, 1.82) is 0 Å². The number of ether oxygens (including phenoxy) is 1. The van der Waals surface area contributed by atoms with E-state index >= 15 is 0 Å². The Morgan fingerprint density at radius 3 is 2.67 bits per heavy atom. The fourth-order valence-corrected chi connectivity index (χ4v) is 3.29. The summed E-state index contributed by atoms with van der Waals surface area (Å²) < 4.78 is 5.34. The van der Waals surface area contributed by atoms with Crippen molar-refractivity contribution < 1.29 is 9.53 Å². The Labute approximate surface area is 162 Å². The summed E-state index contributed by atoms with van der Waals surface area (Å²) >= 11 is 0. The fraction of sp³-hybridized carbons (Fsp3) is 0.600. The first-order valence-electron chi connectivity index (χ1n) is 9.46. The molecule has 0 aromatic heterocycles. The van der Waals surface area contributed by atoms with Crippen LogP contribution < -0.4 is 21.1 Å². The molecular formula is C20H33N5O2. The first kappa shape index (κ1) is 21.0. The Morgan fingerprint density at radius 2 is 2.07 bits per heavy atom. The molecule has 0 bridgehead atoms. The summed E-state index contributed by atoms with van der Waals surface area (Å²) in [6, 6.07) is 8.52. The van der Waals surface area contributed by atoms with E-state index in [-0.39, 0.29) is 11.3 Å². The molecular weight excluding hydrogens is 342 g/mol. The number of hydrogen-bond acceptors (Lipinski definition) is 4. The number of hydrogen-bond donors (Lipinski definition) is 3. The fourth-order valence-electron chi connectivity index (χ4n) is 3.29. The van der Waals surface area contributed by atoms with Gasteiger partial charge in [0.15, 0.2) is 5.96 Å². The average Bonchev–Trinajstić information content (AvgIpc) is 2.66. The molecule has 0 spiro atoms. The highest BCUT2D eigenvalue weighted by Gasteiger charge is 2.24. The minimum Gasteiger partial charge on any atom is -0.497 e. The summed E-state index contributed by atoms with van der Waals surface area (Å²) in [4.78, 5) is 17.5. The van der Waals surface area contributed by atoms with Gasteiger partial charge < -0.3 is 21.1 Å². The van der Waals surface area contributed by atoms with Crippen molar-refractivity contribution in [1.82, 2.24) is 15.5 Å². The highest BCUT2D eigenvalue weighted by Crippen LogP contribution is 2.25. The quantitative estimate of drug-likeness (QED) is 0.490. The van der Waals surface area contributed by atoms with Gasteiger partial charge in [0.05, 0.1) is 13.7 Å². The zero-order valence-electron chi connectivity index (χ0n) is 16.9. The van der Waals surface area contributed by atoms with E-state index in [1.807, 2.05) is 12.1 Å². The van der Waals surface area contributed by atoms with Crippen LogP contribution in [0, 0.1) is 0 Å². The summed E-state index contributed by atoms with van der Waals surface area (Å²) in [6.07, 6.45) is 1.93. The number of amides is 1. The van der Waals surface area contributed by atoms with Crippen molar-refractivity contribution in [3.05, 3.63) is 29.8 Å². The lowest BCUT2D eigenvalue weighted by Crippen LogP contribution is -2.51. The summed E-state index contributed by atoms with van der Waals surface area (Å²) in [5.41, 5.74) is 6.41. The van der Waals surface area contributed by atoms with Crippen LogP contribution in [0.15, 0.2) is 29.3 Å². The SMILES string of the molecule is CN=C(NCC(C)(C)c1cccc(OC)c1)NC1CCN(CC(N)=O)CC1. The third kappa shape index (κ3) is 6.43. The van der Waals surface area contributed by atoms with Gasteiger partial charge in [0, 0.05) is 38.1 Å². The lowest BCUT2D eigenvalue weighted by atomic mass is 9.84. The van der Waals surface area contributed by atoms with Crippen LogP contribution in [0.5, 0.6) is 5.75 Å². The van der Waals surface area contributed by atoms with E-state index in [1.54, 1.807) is 14.2 Å². The molecule has 0 radical (unpaired) electrons. The highest BCUT2D eigenvalue weighted by atomic mass is 16.5. The molecule has 1 amide bonds. The standard InChI is InChI=1S/C20H33N5O2/c1-20(2,15-6-5-7-17(12-15)27-4)14-23-19(22-3)24-16-8-10-25(11-9-16)13-18(21)26/h5-7,12,16H,8-11,13-14H2,1-4H3,(H2,21,26)(H2,22,23,24). The van der Waals surface area contributed by atoms with Gasteiger partial charge in [-0.05, 0) is 30.5 Å². The molecule has 4 N–H and O–H groups in total. The van der Waals surface area contributed by atoms with Crippen LogP contribution in [0.25, 0.3) is 0 Å². The van der Waals surface area contributed by atoms with Gasteiger partial charge in [-0.25, -0.2) is 0 Å². The first-order chi connectivity index (χ1) is 12.8. The molecule has 1 saturated heterocycles. The second-order valence-corrected chi connectivity index (χ2v) is 7.70. The van der Waals surface area contributed by atoms with Crippen LogP contribution in [-0.4, -0.2) is 63.1 Å². The van der Waals surface area contributed by atoms with E-state index in [9.17, 15) is 4.79 Å². The number of carbonyl (C=O) groups excluding carboxylic acids is 1. The van der Waals surface area contributed by atoms with Crippen molar-refractivity contribution in [2.75, 3.05) is 40.3 Å². The highest BCUT2D eigenvalue weighted by molar-refractivity contribution is 5.80. The number of rotatable bonds is 7. The lowest BCUT2D eigenvalue weighted by Gasteiger charge is -2.33. The van der Waals surface area contributed by atoms with E-state index < -0.39 is 0 Å². The molecule has 0 saturated carbocycles. The normalized spacial score (nSPS) is 16.8. The predicted molar refractivity (Wildman–Crippen MR) is 109 cm³/mol.